The first kappa shape index (κ1) is 14.2. The number of amides is 1. The zero-order valence-corrected chi connectivity index (χ0v) is 12.8. The van der Waals surface area contributed by atoms with Crippen LogP contribution in [0.3, 0.4) is 0 Å². The van der Waals surface area contributed by atoms with E-state index in [1.165, 1.54) is 6.26 Å². The van der Waals surface area contributed by atoms with Crippen LogP contribution >= 0.6 is 0 Å². The van der Waals surface area contributed by atoms with Gasteiger partial charge >= 0.3 is 132 Å². The molecule has 0 aliphatic carbocycles. The molecular weight excluding hydrogens is 351 g/mol. The molecule has 0 unspecified atom stereocenters. The summed E-state index contributed by atoms with van der Waals surface area (Å²) in [5.41, 5.74) is 11.2. The number of hydrogen-bond acceptors (Lipinski definition) is 6. The third-order valence-corrected chi connectivity index (χ3v) is 3.48. The van der Waals surface area contributed by atoms with Gasteiger partial charge in [0.2, 0.25) is 0 Å². The van der Waals surface area contributed by atoms with Gasteiger partial charge in [0, 0.05) is 0 Å². The minimum atomic E-state index is -0.819. The molecule has 0 aliphatic rings. The number of fused-ring (bicyclic) bond motifs is 1. The Kier molecular flexibility index (Phi) is 3.40. The Morgan fingerprint density at radius 2 is 1.95 bits per heavy atom. The Labute approximate surface area is 132 Å². The van der Waals surface area contributed by atoms with Crippen molar-refractivity contribution in [2.45, 2.75) is 0 Å². The van der Waals surface area contributed by atoms with Gasteiger partial charge in [0.15, 0.2) is 0 Å². The first-order chi connectivity index (χ1) is 10.5. The summed E-state index contributed by atoms with van der Waals surface area (Å²) < 4.78 is 5.63. The van der Waals surface area contributed by atoms with Gasteiger partial charge in [-0.25, -0.2) is 0 Å². The van der Waals surface area contributed by atoms with Crippen LogP contribution in [0.15, 0.2) is 39.7 Å². The number of primary amides is 1. The molecule has 2 aromatic heterocycles. The Morgan fingerprint density at radius 3 is 2.68 bits per heavy atom. The van der Waals surface area contributed by atoms with Crippen LogP contribution in [0.2, 0.25) is 0 Å². The average Bonchev–Trinajstić information content (AvgIpc) is 2.46. The van der Waals surface area contributed by atoms with Crippen LogP contribution in [-0.2, 0) is 0 Å². The van der Waals surface area contributed by atoms with E-state index in [9.17, 15) is 9.59 Å². The summed E-state index contributed by atoms with van der Waals surface area (Å²) in [5.74, 6) is -0.918. The van der Waals surface area contributed by atoms with Gasteiger partial charge < -0.3 is 0 Å². The van der Waals surface area contributed by atoms with Crippen molar-refractivity contribution < 1.29 is 9.21 Å². The van der Waals surface area contributed by atoms with E-state index in [4.69, 9.17) is 15.9 Å². The number of nitrogens with two attached hydrogens (primary N) is 2. The van der Waals surface area contributed by atoms with Crippen molar-refractivity contribution >= 4 is 43.4 Å². The number of carbonyl (C=O) groups excluding carboxylic acids is 1. The van der Waals surface area contributed by atoms with Crippen molar-refractivity contribution in [3.05, 3.63) is 46.3 Å². The van der Waals surface area contributed by atoms with Crippen LogP contribution in [0.5, 0.6) is 0 Å². The van der Waals surface area contributed by atoms with Crippen LogP contribution < -0.4 is 21.6 Å². The first-order valence-electron chi connectivity index (χ1n) is 6.14. The van der Waals surface area contributed by atoms with E-state index in [-0.39, 0.29) is 32.8 Å². The van der Waals surface area contributed by atoms with Crippen LogP contribution in [0.4, 0.5) is 5.82 Å². The third kappa shape index (κ3) is 2.24. The topological polar surface area (TPSA) is 125 Å². The van der Waals surface area contributed by atoms with Gasteiger partial charge in [-0.1, -0.05) is 0 Å². The van der Waals surface area contributed by atoms with E-state index in [1.54, 1.807) is 24.3 Å². The molecule has 1 aromatic carbocycles. The summed E-state index contributed by atoms with van der Waals surface area (Å²) in [6, 6.07) is 6.76. The number of aromatic nitrogens is 2. The minimum absolute atomic E-state index is 0.0493. The molecule has 0 spiro atoms. The number of para-hydroxylation sites is 1. The quantitative estimate of drug-likeness (QED) is 0.606. The maximum absolute atomic E-state index is 12.6. The van der Waals surface area contributed by atoms with Gasteiger partial charge in [0.1, 0.15) is 0 Å². The fourth-order valence-electron chi connectivity index (χ4n) is 2.14. The van der Waals surface area contributed by atoms with E-state index in [2.05, 4.69) is 26.0 Å². The Morgan fingerprint density at radius 1 is 1.23 bits per heavy atom. The van der Waals surface area contributed by atoms with Gasteiger partial charge in [0.25, 0.3) is 0 Å². The number of nitrogens with zero attached hydrogens (tertiary/aromatic N) is 2. The fraction of sp³-hybridized carbons (Fsp3) is 0. The third-order valence-electron chi connectivity index (χ3n) is 3.10. The molecule has 2 heterocycles. The van der Waals surface area contributed by atoms with Crippen LogP contribution in [0.25, 0.3) is 22.2 Å². The molecular formula is C14H9N4O3Se. The van der Waals surface area contributed by atoms with Gasteiger partial charge in [-0.05, 0) is 0 Å². The molecule has 109 valence electrons. The van der Waals surface area contributed by atoms with Crippen molar-refractivity contribution in [1.29, 1.82) is 0 Å². The molecule has 1 amide bonds. The number of hydrogen-bond donors (Lipinski definition) is 2. The Hall–Kier alpha value is -2.70. The summed E-state index contributed by atoms with van der Waals surface area (Å²) in [5, 5.41) is 0.370. The molecule has 0 saturated heterocycles. The predicted octanol–water partition coefficient (Wildman–Crippen LogP) is -0.275. The second-order valence-electron chi connectivity index (χ2n) is 4.45. The molecule has 1 radical (unpaired) electrons. The zero-order valence-electron chi connectivity index (χ0n) is 11.1. The van der Waals surface area contributed by atoms with E-state index in [0.29, 0.717) is 11.0 Å². The van der Waals surface area contributed by atoms with E-state index >= 15 is 0 Å². The van der Waals surface area contributed by atoms with Gasteiger partial charge in [-0.15, -0.1) is 0 Å². The summed E-state index contributed by atoms with van der Waals surface area (Å²) in [6.45, 7) is 0. The second kappa shape index (κ2) is 5.25. The molecule has 0 saturated carbocycles. The SMILES string of the molecule is NC(=O)c1c(N)nc([Se])nc1-c1coc2ccccc2c1=O. The van der Waals surface area contributed by atoms with Crippen molar-refractivity contribution in [3.63, 3.8) is 0 Å². The van der Waals surface area contributed by atoms with E-state index < -0.39 is 5.91 Å². The maximum atomic E-state index is 12.6. The number of anilines is 1. The summed E-state index contributed by atoms with van der Waals surface area (Å²) >= 11 is 2.59. The predicted molar refractivity (Wildman–Crippen MR) is 81.8 cm³/mol. The van der Waals surface area contributed by atoms with Crippen molar-refractivity contribution in [3.8, 4) is 11.3 Å². The number of carbonyl (C=O) groups is 1. The van der Waals surface area contributed by atoms with Crippen molar-refractivity contribution in [1.82, 2.24) is 9.97 Å². The molecule has 3 rings (SSSR count). The number of rotatable bonds is 2. The van der Waals surface area contributed by atoms with E-state index in [1.807, 2.05) is 0 Å². The van der Waals surface area contributed by atoms with Crippen LogP contribution in [0.1, 0.15) is 10.4 Å². The molecule has 7 nitrogen and oxygen atoms in total. The molecule has 22 heavy (non-hydrogen) atoms. The zero-order chi connectivity index (χ0) is 15.9. The summed E-state index contributed by atoms with van der Waals surface area (Å²) in [6.07, 6.45) is 1.23. The normalized spacial score (nSPS) is 10.7. The van der Waals surface area contributed by atoms with Crippen LogP contribution in [-0.4, -0.2) is 31.9 Å². The number of nitrogen functional groups attached to an aromatic ring is 1. The standard InChI is InChI=1S/C14H9N4O3Se/c15-12-9(13(16)20)10(17-14(22)18-12)7-5-21-8-4-2-1-3-6(8)11(7)19/h1-5H,(H2,16,20)(H2,15,17,18). The summed E-state index contributed by atoms with van der Waals surface area (Å²) in [4.78, 5) is 32.2. The molecule has 0 fully saturated rings. The molecule has 0 bridgehead atoms. The number of benzene rings is 1. The summed E-state index contributed by atoms with van der Waals surface area (Å²) in [7, 11) is 0. The van der Waals surface area contributed by atoms with Gasteiger partial charge in [0.05, 0.1) is 0 Å². The van der Waals surface area contributed by atoms with Gasteiger partial charge in [-0.2, -0.15) is 0 Å². The van der Waals surface area contributed by atoms with Crippen molar-refractivity contribution in [2.75, 3.05) is 5.73 Å². The monoisotopic (exact) mass is 361 g/mol. The van der Waals surface area contributed by atoms with E-state index in [0.717, 1.165) is 0 Å². The first-order valence-corrected chi connectivity index (χ1v) is 7.00. The fourth-order valence-corrected chi connectivity index (χ4v) is 2.53. The van der Waals surface area contributed by atoms with Crippen molar-refractivity contribution in [2.24, 2.45) is 5.73 Å². The molecule has 0 atom stereocenters. The van der Waals surface area contributed by atoms with Gasteiger partial charge in [-0.3, -0.25) is 0 Å². The molecule has 3 aromatic rings. The average molecular weight is 360 g/mol. The second-order valence-corrected chi connectivity index (χ2v) is 5.22. The van der Waals surface area contributed by atoms with Crippen LogP contribution in [0, 0.1) is 0 Å². The Bertz CT molecular complexity index is 968. The Balaban J connectivity index is 2.40. The molecule has 0 aliphatic heterocycles. The molecule has 8 heteroatoms. The molecule has 4 N–H and O–H groups in total.